The van der Waals surface area contributed by atoms with Gasteiger partial charge in [0.15, 0.2) is 0 Å². The molecular weight excluding hydrogens is 284 g/mol. The van der Waals surface area contributed by atoms with Crippen LogP contribution in [0.1, 0.15) is 30.9 Å². The van der Waals surface area contributed by atoms with Crippen molar-refractivity contribution in [2.45, 2.75) is 26.7 Å². The van der Waals surface area contributed by atoms with E-state index in [1.54, 1.807) is 6.07 Å². The first-order valence-electron chi connectivity index (χ1n) is 6.90. The van der Waals surface area contributed by atoms with Crippen molar-refractivity contribution in [1.29, 1.82) is 0 Å². The molecule has 0 saturated carbocycles. The molecule has 0 bridgehead atoms. The molecule has 2 aromatic carbocycles. The molecule has 2 aromatic rings. The van der Waals surface area contributed by atoms with Gasteiger partial charge in [-0.25, -0.2) is 4.79 Å². The molecule has 21 heavy (non-hydrogen) atoms. The van der Waals surface area contributed by atoms with Crippen LogP contribution in [0.2, 0.25) is 5.02 Å². The summed E-state index contributed by atoms with van der Waals surface area (Å²) in [7, 11) is 0. The van der Waals surface area contributed by atoms with Crippen LogP contribution in [-0.2, 0) is 0 Å². The topological polar surface area (TPSA) is 41.1 Å². The van der Waals surface area contributed by atoms with Crippen LogP contribution in [0.4, 0.5) is 16.2 Å². The summed E-state index contributed by atoms with van der Waals surface area (Å²) in [5.74, 6) is 0.422. The number of carbonyl (C=O) groups is 1. The number of rotatable bonds is 3. The number of hydrogen-bond donors (Lipinski definition) is 2. The van der Waals surface area contributed by atoms with E-state index in [0.717, 1.165) is 11.3 Å². The van der Waals surface area contributed by atoms with Crippen molar-refractivity contribution in [3.63, 3.8) is 0 Å². The number of halogens is 1. The summed E-state index contributed by atoms with van der Waals surface area (Å²) in [6.07, 6.45) is 0. The van der Waals surface area contributed by atoms with Gasteiger partial charge in [0.25, 0.3) is 0 Å². The summed E-state index contributed by atoms with van der Waals surface area (Å²) in [6, 6.07) is 13.0. The highest BCUT2D eigenvalue weighted by molar-refractivity contribution is 6.31. The molecule has 0 atom stereocenters. The van der Waals surface area contributed by atoms with E-state index in [0.29, 0.717) is 16.6 Å². The van der Waals surface area contributed by atoms with Crippen molar-refractivity contribution < 1.29 is 4.79 Å². The second kappa shape index (κ2) is 6.64. The lowest BCUT2D eigenvalue weighted by atomic mass is 10.0. The number of aryl methyl sites for hydroxylation is 1. The summed E-state index contributed by atoms with van der Waals surface area (Å²) in [6.45, 7) is 6.16. The first-order valence-corrected chi connectivity index (χ1v) is 7.27. The molecule has 2 N–H and O–H groups in total. The van der Waals surface area contributed by atoms with Crippen LogP contribution in [-0.4, -0.2) is 6.03 Å². The Hall–Kier alpha value is -2.00. The zero-order chi connectivity index (χ0) is 15.4. The molecule has 0 saturated heterocycles. The molecule has 2 amide bonds. The van der Waals surface area contributed by atoms with E-state index in [2.05, 4.69) is 24.5 Å². The number of urea groups is 1. The van der Waals surface area contributed by atoms with Crippen LogP contribution < -0.4 is 10.6 Å². The Morgan fingerprint density at radius 2 is 1.71 bits per heavy atom. The molecule has 0 fully saturated rings. The van der Waals surface area contributed by atoms with Gasteiger partial charge in [0, 0.05) is 16.4 Å². The number of nitrogens with one attached hydrogen (secondary N) is 2. The third-order valence-electron chi connectivity index (χ3n) is 3.24. The number of hydrogen-bond acceptors (Lipinski definition) is 1. The first kappa shape index (κ1) is 15.4. The number of carbonyl (C=O) groups excluding carboxylic acids is 1. The van der Waals surface area contributed by atoms with E-state index in [1.807, 2.05) is 43.3 Å². The third-order valence-corrected chi connectivity index (χ3v) is 3.65. The molecule has 0 radical (unpaired) electrons. The zero-order valence-corrected chi connectivity index (χ0v) is 13.2. The highest BCUT2D eigenvalue weighted by atomic mass is 35.5. The molecule has 0 heterocycles. The minimum Gasteiger partial charge on any atom is -0.308 e. The maximum absolute atomic E-state index is 12.0. The molecular formula is C17H19ClN2O. The Labute approximate surface area is 130 Å². The van der Waals surface area contributed by atoms with E-state index in [9.17, 15) is 4.79 Å². The van der Waals surface area contributed by atoms with E-state index in [1.165, 1.54) is 5.56 Å². The molecule has 0 spiro atoms. The van der Waals surface area contributed by atoms with Crippen LogP contribution in [0, 0.1) is 6.92 Å². The summed E-state index contributed by atoms with van der Waals surface area (Å²) in [5, 5.41) is 6.23. The van der Waals surface area contributed by atoms with Crippen molar-refractivity contribution in [2.75, 3.05) is 10.6 Å². The summed E-state index contributed by atoms with van der Waals surface area (Å²) in [4.78, 5) is 12.0. The highest BCUT2D eigenvalue weighted by Crippen LogP contribution is 2.21. The fraction of sp³-hybridized carbons (Fsp3) is 0.235. The quantitative estimate of drug-likeness (QED) is 0.781. The molecule has 3 nitrogen and oxygen atoms in total. The van der Waals surface area contributed by atoms with Gasteiger partial charge in [-0.2, -0.15) is 0 Å². The van der Waals surface area contributed by atoms with Crippen LogP contribution in [0.15, 0.2) is 42.5 Å². The van der Waals surface area contributed by atoms with Crippen molar-refractivity contribution in [1.82, 2.24) is 0 Å². The average molecular weight is 303 g/mol. The Bertz CT molecular complexity index is 653. The summed E-state index contributed by atoms with van der Waals surface area (Å²) < 4.78 is 0. The third kappa shape index (κ3) is 4.23. The fourth-order valence-corrected chi connectivity index (χ4v) is 2.12. The SMILES string of the molecule is Cc1ccc(NC(=O)Nc2cccc(C(C)C)c2)cc1Cl. The summed E-state index contributed by atoms with van der Waals surface area (Å²) in [5.41, 5.74) is 3.61. The molecule has 0 aliphatic rings. The van der Waals surface area contributed by atoms with Crippen molar-refractivity contribution >= 4 is 29.0 Å². The predicted octanol–water partition coefficient (Wildman–Crippen LogP) is 5.42. The Balaban J connectivity index is 2.04. The van der Waals surface area contributed by atoms with Crippen LogP contribution >= 0.6 is 11.6 Å². The standard InChI is InChI=1S/C17H19ClN2O/c1-11(2)13-5-4-6-14(9-13)19-17(21)20-15-8-7-12(3)16(18)10-15/h4-11H,1-3H3,(H2,19,20,21). The second-order valence-corrected chi connectivity index (χ2v) is 5.73. The van der Waals surface area contributed by atoms with E-state index >= 15 is 0 Å². The van der Waals surface area contributed by atoms with Gasteiger partial charge in [-0.15, -0.1) is 0 Å². The van der Waals surface area contributed by atoms with E-state index < -0.39 is 0 Å². The monoisotopic (exact) mass is 302 g/mol. The molecule has 2 rings (SSSR count). The van der Waals surface area contributed by atoms with Gasteiger partial charge >= 0.3 is 6.03 Å². The predicted molar refractivity (Wildman–Crippen MR) is 89.4 cm³/mol. The Morgan fingerprint density at radius 1 is 1.05 bits per heavy atom. The lowest BCUT2D eigenvalue weighted by Crippen LogP contribution is -2.19. The van der Waals surface area contributed by atoms with Crippen molar-refractivity contribution in [3.8, 4) is 0 Å². The summed E-state index contributed by atoms with van der Waals surface area (Å²) >= 11 is 6.04. The maximum atomic E-state index is 12.0. The largest absolute Gasteiger partial charge is 0.323 e. The fourth-order valence-electron chi connectivity index (χ4n) is 1.94. The Kier molecular flexibility index (Phi) is 4.86. The van der Waals surface area contributed by atoms with Crippen LogP contribution in [0.5, 0.6) is 0 Å². The number of amides is 2. The lowest BCUT2D eigenvalue weighted by molar-refractivity contribution is 0.262. The van der Waals surface area contributed by atoms with Crippen LogP contribution in [0.25, 0.3) is 0 Å². The van der Waals surface area contributed by atoms with E-state index in [-0.39, 0.29) is 6.03 Å². The smallest absolute Gasteiger partial charge is 0.308 e. The normalized spacial score (nSPS) is 10.5. The molecule has 110 valence electrons. The first-order chi connectivity index (χ1) is 9.95. The highest BCUT2D eigenvalue weighted by Gasteiger charge is 2.06. The van der Waals surface area contributed by atoms with Gasteiger partial charge in [-0.05, 0) is 48.2 Å². The minimum absolute atomic E-state index is 0.282. The minimum atomic E-state index is -0.282. The average Bonchev–Trinajstić information content (AvgIpc) is 2.43. The molecule has 4 heteroatoms. The molecule has 0 aromatic heterocycles. The van der Waals surface area contributed by atoms with Gasteiger partial charge in [-0.3, -0.25) is 0 Å². The second-order valence-electron chi connectivity index (χ2n) is 5.32. The van der Waals surface area contributed by atoms with Crippen molar-refractivity contribution in [3.05, 3.63) is 58.6 Å². The van der Waals surface area contributed by atoms with Gasteiger partial charge in [0.1, 0.15) is 0 Å². The van der Waals surface area contributed by atoms with Crippen molar-refractivity contribution in [2.24, 2.45) is 0 Å². The van der Waals surface area contributed by atoms with Gasteiger partial charge in [0.2, 0.25) is 0 Å². The Morgan fingerprint density at radius 3 is 2.33 bits per heavy atom. The van der Waals surface area contributed by atoms with Gasteiger partial charge in [-0.1, -0.05) is 43.6 Å². The molecule has 0 aliphatic carbocycles. The van der Waals surface area contributed by atoms with Crippen LogP contribution in [0.3, 0.4) is 0 Å². The zero-order valence-electron chi connectivity index (χ0n) is 12.4. The lowest BCUT2D eigenvalue weighted by Gasteiger charge is -2.11. The molecule has 0 unspecified atom stereocenters. The van der Waals surface area contributed by atoms with Gasteiger partial charge < -0.3 is 10.6 Å². The maximum Gasteiger partial charge on any atom is 0.323 e. The van der Waals surface area contributed by atoms with Gasteiger partial charge in [0.05, 0.1) is 0 Å². The number of benzene rings is 2. The van der Waals surface area contributed by atoms with E-state index in [4.69, 9.17) is 11.6 Å². The number of anilines is 2. The molecule has 0 aliphatic heterocycles.